The van der Waals surface area contributed by atoms with Crippen LogP contribution in [0.3, 0.4) is 0 Å². The zero-order valence-corrected chi connectivity index (χ0v) is 27.5. The molecule has 2 bridgehead atoms. The van der Waals surface area contributed by atoms with E-state index in [9.17, 15) is 32.2 Å². The molecule has 3 nitrogen and oxygen atoms in total. The van der Waals surface area contributed by atoms with Gasteiger partial charge in [0.05, 0.1) is 12.2 Å². The number of fused-ring (bicyclic) bond motifs is 3. The molecule has 2 N–H and O–H groups in total. The van der Waals surface area contributed by atoms with E-state index in [1.165, 1.54) is 28.5 Å². The molecule has 0 spiro atoms. The van der Waals surface area contributed by atoms with E-state index in [4.69, 9.17) is 4.74 Å². The monoisotopic (exact) mass is 666 g/mol. The minimum Gasteiger partial charge on any atom is -0.508 e. The van der Waals surface area contributed by atoms with Crippen LogP contribution in [0.2, 0.25) is 0 Å². The average molecular weight is 667 g/mol. The number of alkyl halides is 5. The molecular weight excluding hydrogens is 619 g/mol. The molecule has 4 aliphatic rings. The van der Waals surface area contributed by atoms with Crippen molar-refractivity contribution in [2.45, 2.75) is 120 Å². The van der Waals surface area contributed by atoms with E-state index in [2.05, 4.69) is 37.3 Å². The summed E-state index contributed by atoms with van der Waals surface area (Å²) in [6, 6.07) is 14.5. The molecule has 4 aliphatic carbocycles. The number of halogens is 5. The number of benzene rings is 2. The fraction of sp³-hybridized carbons (Fsp3) is 0.676. The second-order valence-electron chi connectivity index (χ2n) is 14.6. The first-order valence-electron chi connectivity index (χ1n) is 17.1. The Bertz CT molecular complexity index is 1350. The van der Waals surface area contributed by atoms with Crippen molar-refractivity contribution in [2.75, 3.05) is 18.1 Å². The number of ether oxygens (including phenoxy) is 1. The lowest BCUT2D eigenvalue weighted by molar-refractivity contribution is -0.284. The zero-order valence-electron chi connectivity index (χ0n) is 26.7. The highest BCUT2D eigenvalue weighted by molar-refractivity contribution is 7.99. The van der Waals surface area contributed by atoms with Gasteiger partial charge in [0.1, 0.15) is 11.5 Å². The van der Waals surface area contributed by atoms with Crippen LogP contribution >= 0.6 is 11.8 Å². The van der Waals surface area contributed by atoms with Gasteiger partial charge in [-0.25, -0.2) is 0 Å². The quantitative estimate of drug-likeness (QED) is 0.165. The van der Waals surface area contributed by atoms with E-state index in [0.717, 1.165) is 82.1 Å². The SMILES string of the molecule is C[C@]12C[C@H](c3ccc(OCCCCCCSCCCC(F)(F)C(F)(F)F)cc3)[C@@H]3c4ccc(O)cc4CC[C@H]3C13CCC2(O)CC3. The second-order valence-corrected chi connectivity index (χ2v) is 15.9. The van der Waals surface area contributed by atoms with Gasteiger partial charge in [0.25, 0.3) is 0 Å². The van der Waals surface area contributed by atoms with Crippen LogP contribution in [0.4, 0.5) is 22.0 Å². The number of thioether (sulfide) groups is 1. The third-order valence-electron chi connectivity index (χ3n) is 12.5. The molecule has 0 unspecified atom stereocenters. The molecule has 0 aromatic heterocycles. The number of aryl methyl sites for hydroxylation is 1. The molecule has 4 atom stereocenters. The van der Waals surface area contributed by atoms with Crippen LogP contribution in [0.1, 0.15) is 112 Å². The van der Waals surface area contributed by atoms with Gasteiger partial charge >= 0.3 is 12.1 Å². The number of rotatable bonds is 13. The second kappa shape index (κ2) is 12.8. The first-order chi connectivity index (χ1) is 21.8. The normalized spacial score (nSPS) is 31.8. The maximum Gasteiger partial charge on any atom is 0.453 e. The molecule has 0 amide bonds. The average Bonchev–Trinajstić information content (AvgIpc) is 3.38. The maximum atomic E-state index is 13.0. The summed E-state index contributed by atoms with van der Waals surface area (Å²) in [5, 5.41) is 22.1. The van der Waals surface area contributed by atoms with E-state index < -0.39 is 24.1 Å². The smallest absolute Gasteiger partial charge is 0.453 e. The Morgan fingerprint density at radius 2 is 1.59 bits per heavy atom. The fourth-order valence-corrected chi connectivity index (χ4v) is 11.0. The molecular formula is C37H47F5O3S. The number of phenolic OH excluding ortho intramolecular Hbond substituents is 1. The number of aromatic hydroxyl groups is 1. The fourth-order valence-electron chi connectivity index (χ4n) is 10.0. The van der Waals surface area contributed by atoms with Crippen LogP contribution in [0.15, 0.2) is 42.5 Å². The van der Waals surface area contributed by atoms with Gasteiger partial charge in [0.2, 0.25) is 0 Å². The Balaban J connectivity index is 1.00. The first kappa shape index (κ1) is 33.9. The summed E-state index contributed by atoms with van der Waals surface area (Å²) in [6.45, 7) is 2.97. The van der Waals surface area contributed by atoms with Gasteiger partial charge in [-0.15, -0.1) is 0 Å². The topological polar surface area (TPSA) is 49.7 Å². The van der Waals surface area contributed by atoms with Crippen molar-refractivity contribution in [1.82, 2.24) is 0 Å². The van der Waals surface area contributed by atoms with E-state index in [1.54, 1.807) is 0 Å². The van der Waals surface area contributed by atoms with Crippen molar-refractivity contribution in [3.8, 4) is 11.5 Å². The van der Waals surface area contributed by atoms with E-state index in [-0.39, 0.29) is 23.2 Å². The molecule has 3 saturated carbocycles. The number of hydrogen-bond donors (Lipinski definition) is 2. The number of aliphatic hydroxyl groups is 1. The highest BCUT2D eigenvalue weighted by Gasteiger charge is 2.74. The third-order valence-corrected chi connectivity index (χ3v) is 13.6. The highest BCUT2D eigenvalue weighted by atomic mass is 32.2. The van der Waals surface area contributed by atoms with Gasteiger partial charge in [-0.1, -0.05) is 38.0 Å². The standard InChI is InChI=1S/C37H47F5O3S/c1-33-24-30(32-29-13-10-27(43)23-26(29)9-14-31(32)34(33)16-18-35(33,44)19-17-34)25-7-11-28(12-8-25)45-20-4-2-3-5-21-46-22-6-15-36(38,39)37(40,41)42/h7-8,10-13,23,30-32,43-44H,2-6,9,14-22,24H2,1H3/t30-,31-,32+,33+,34?,35?/m1/s1. The van der Waals surface area contributed by atoms with Gasteiger partial charge in [0, 0.05) is 11.8 Å². The summed E-state index contributed by atoms with van der Waals surface area (Å²) < 4.78 is 68.7. The maximum absolute atomic E-state index is 13.0. The molecule has 2 aromatic rings. The molecule has 3 fully saturated rings. The zero-order chi connectivity index (χ0) is 32.8. The van der Waals surface area contributed by atoms with Crippen molar-refractivity contribution in [3.63, 3.8) is 0 Å². The molecule has 2 aromatic carbocycles. The minimum absolute atomic E-state index is 0.101. The summed E-state index contributed by atoms with van der Waals surface area (Å²) in [5.41, 5.74) is 3.42. The molecule has 0 saturated heterocycles. The van der Waals surface area contributed by atoms with Gasteiger partial charge < -0.3 is 14.9 Å². The predicted octanol–water partition coefficient (Wildman–Crippen LogP) is 10.2. The molecule has 0 radical (unpaired) electrons. The number of hydrogen-bond acceptors (Lipinski definition) is 4. The van der Waals surface area contributed by atoms with Crippen molar-refractivity contribution in [3.05, 3.63) is 59.2 Å². The molecule has 6 rings (SSSR count). The van der Waals surface area contributed by atoms with Crippen molar-refractivity contribution < 1.29 is 36.9 Å². The van der Waals surface area contributed by atoms with Crippen LogP contribution in [-0.2, 0) is 6.42 Å². The molecule has 0 aliphatic heterocycles. The lowest BCUT2D eigenvalue weighted by Gasteiger charge is -2.59. The van der Waals surface area contributed by atoms with Crippen LogP contribution in [-0.4, -0.2) is 46.0 Å². The Hall–Kier alpha value is -2.00. The third kappa shape index (κ3) is 5.94. The summed E-state index contributed by atoms with van der Waals surface area (Å²) in [6.07, 6.45) is 4.03. The van der Waals surface area contributed by atoms with E-state index in [1.807, 2.05) is 12.1 Å². The Morgan fingerprint density at radius 1 is 0.891 bits per heavy atom. The van der Waals surface area contributed by atoms with Gasteiger partial charge in [0.15, 0.2) is 0 Å². The van der Waals surface area contributed by atoms with Crippen LogP contribution in [0.5, 0.6) is 11.5 Å². The number of unbranched alkanes of at least 4 members (excludes halogenated alkanes) is 3. The Kier molecular flexibility index (Phi) is 9.42. The molecule has 254 valence electrons. The van der Waals surface area contributed by atoms with E-state index in [0.29, 0.717) is 29.9 Å². The molecule has 46 heavy (non-hydrogen) atoms. The van der Waals surface area contributed by atoms with Gasteiger partial charge in [-0.2, -0.15) is 33.7 Å². The van der Waals surface area contributed by atoms with Crippen LogP contribution < -0.4 is 4.74 Å². The summed E-state index contributed by atoms with van der Waals surface area (Å²) in [5.74, 6) is -1.21. The number of phenols is 1. The molecule has 9 heteroatoms. The van der Waals surface area contributed by atoms with Gasteiger partial charge in [-0.3, -0.25) is 0 Å². The molecule has 0 heterocycles. The largest absolute Gasteiger partial charge is 0.508 e. The van der Waals surface area contributed by atoms with Gasteiger partial charge in [-0.05, 0) is 140 Å². The lowest BCUT2D eigenvalue weighted by Crippen LogP contribution is -2.54. The van der Waals surface area contributed by atoms with Crippen LogP contribution in [0.25, 0.3) is 0 Å². The predicted molar refractivity (Wildman–Crippen MR) is 172 cm³/mol. The summed E-state index contributed by atoms with van der Waals surface area (Å²) in [7, 11) is 0. The minimum atomic E-state index is -5.46. The van der Waals surface area contributed by atoms with Crippen molar-refractivity contribution >= 4 is 11.8 Å². The van der Waals surface area contributed by atoms with Crippen molar-refractivity contribution in [1.29, 1.82) is 0 Å². The van der Waals surface area contributed by atoms with E-state index >= 15 is 0 Å². The lowest BCUT2D eigenvalue weighted by atomic mass is 9.45. The Morgan fingerprint density at radius 3 is 2.30 bits per heavy atom. The Labute approximate surface area is 273 Å². The first-order valence-corrected chi connectivity index (χ1v) is 18.3. The van der Waals surface area contributed by atoms with Crippen molar-refractivity contribution in [2.24, 2.45) is 16.7 Å². The van der Waals surface area contributed by atoms with Crippen LogP contribution in [0, 0.1) is 16.7 Å². The highest BCUT2D eigenvalue weighted by Crippen LogP contribution is 2.79. The summed E-state index contributed by atoms with van der Waals surface area (Å²) in [4.78, 5) is 0. The summed E-state index contributed by atoms with van der Waals surface area (Å²) >= 11 is 1.43.